The second kappa shape index (κ2) is 42.6. The molecule has 3 aliphatic heterocycles. The van der Waals surface area contributed by atoms with Crippen LogP contribution in [0, 0.1) is 0 Å². The summed E-state index contributed by atoms with van der Waals surface area (Å²) in [6, 6.07) is -0.973. The topological polar surface area (TPSA) is 307 Å². The summed E-state index contributed by atoms with van der Waals surface area (Å²) in [7, 11) is 0. The molecule has 3 saturated heterocycles. The summed E-state index contributed by atoms with van der Waals surface area (Å²) in [6.07, 6.45) is 19.8. The van der Waals surface area contributed by atoms with E-state index in [-0.39, 0.29) is 18.9 Å². The van der Waals surface area contributed by atoms with Gasteiger partial charge in [0.2, 0.25) is 5.91 Å². The Balaban J connectivity index is 1.42. The quantitative estimate of drug-likeness (QED) is 0.0279. The first-order chi connectivity index (χ1) is 37.8. The Bertz CT molecular complexity index is 1620. The number of hydrogen-bond acceptors (Lipinski definition) is 18. The Labute approximate surface area is 465 Å². The van der Waals surface area contributed by atoms with Gasteiger partial charge >= 0.3 is 0 Å². The van der Waals surface area contributed by atoms with Crippen LogP contribution in [-0.4, -0.2) is 193 Å². The lowest BCUT2D eigenvalue weighted by molar-refractivity contribution is -0.379. The molecule has 0 spiro atoms. The third-order valence-corrected chi connectivity index (χ3v) is 14.9. The van der Waals surface area contributed by atoms with Crippen LogP contribution in [0.2, 0.25) is 0 Å². The molecule has 19 heteroatoms. The molecule has 1 amide bonds. The van der Waals surface area contributed by atoms with Crippen LogP contribution < -0.4 is 5.32 Å². The van der Waals surface area contributed by atoms with Crippen LogP contribution in [-0.2, 0) is 33.2 Å². The maximum absolute atomic E-state index is 13.3. The third-order valence-electron chi connectivity index (χ3n) is 14.9. The zero-order valence-electron chi connectivity index (χ0n) is 47.1. The number of carbonyl (C=O) groups excluding carboxylic acids is 1. The molecule has 0 saturated carbocycles. The van der Waals surface area contributed by atoms with Crippen LogP contribution in [0.1, 0.15) is 187 Å². The zero-order chi connectivity index (χ0) is 56.9. The van der Waals surface area contributed by atoms with Crippen molar-refractivity contribution in [2.75, 3.05) is 26.4 Å². The largest absolute Gasteiger partial charge is 0.394 e. The van der Waals surface area contributed by atoms with Crippen LogP contribution >= 0.6 is 0 Å². The number of nitrogens with one attached hydrogen (secondary N) is 1. The van der Waals surface area contributed by atoms with Crippen molar-refractivity contribution in [3.05, 3.63) is 48.6 Å². The summed E-state index contributed by atoms with van der Waals surface area (Å²) in [5.74, 6) is -0.285. The molecule has 12 N–H and O–H groups in total. The van der Waals surface area contributed by atoms with Crippen LogP contribution in [0.4, 0.5) is 0 Å². The molecule has 0 aromatic carbocycles. The molecular formula is C59H105NO18. The van der Waals surface area contributed by atoms with Crippen LogP contribution in [0.25, 0.3) is 0 Å². The van der Waals surface area contributed by atoms with Crippen LogP contribution in [0.3, 0.4) is 0 Å². The maximum atomic E-state index is 13.3. The van der Waals surface area contributed by atoms with Gasteiger partial charge in [0.1, 0.15) is 73.2 Å². The van der Waals surface area contributed by atoms with Crippen molar-refractivity contribution in [2.45, 2.75) is 291 Å². The van der Waals surface area contributed by atoms with Crippen molar-refractivity contribution in [2.24, 2.45) is 0 Å². The number of ether oxygens (including phenoxy) is 6. The normalized spacial score (nSPS) is 30.8. The Hall–Kier alpha value is -2.25. The van der Waals surface area contributed by atoms with Crippen molar-refractivity contribution >= 4 is 5.91 Å². The fraction of sp³-hybridized carbons (Fsp3) is 0.847. The van der Waals surface area contributed by atoms with E-state index in [1.165, 1.54) is 83.5 Å². The Morgan fingerprint density at radius 3 is 1.32 bits per heavy atom. The van der Waals surface area contributed by atoms with E-state index in [1.54, 1.807) is 6.08 Å². The average molecular weight is 1120 g/mol. The van der Waals surface area contributed by atoms with E-state index in [9.17, 15) is 61.0 Å². The molecule has 17 atom stereocenters. The molecule has 0 aromatic rings. The van der Waals surface area contributed by atoms with Crippen molar-refractivity contribution in [1.82, 2.24) is 5.32 Å². The molecule has 78 heavy (non-hydrogen) atoms. The lowest BCUT2D eigenvalue weighted by Gasteiger charge is -2.48. The first-order valence-electron chi connectivity index (χ1n) is 29.9. The SMILES string of the molecule is CCCCCCC/C=C\C/C=C\C/C=C\CCCCCCCCCCCCC(=O)NC(COC1OC(CO)C(OC2OC(CO)C(OC3OC(CO)C(O)C(O)C3O)C(O)C2O)C(O)C1O)C(O)/C=C/CCCCCCCC. The number of aliphatic hydroxyl groups is 11. The number of carbonyl (C=O) groups is 1. The van der Waals surface area contributed by atoms with Gasteiger partial charge in [-0.25, -0.2) is 0 Å². The Kier molecular flexibility index (Phi) is 38.2. The van der Waals surface area contributed by atoms with Crippen molar-refractivity contribution in [3.8, 4) is 0 Å². The molecular weight excluding hydrogens is 1010 g/mol. The average Bonchev–Trinajstić information content (AvgIpc) is 3.48. The first kappa shape index (κ1) is 70.0. The van der Waals surface area contributed by atoms with E-state index in [4.69, 9.17) is 28.4 Å². The molecule has 3 rings (SSSR count). The number of allylic oxidation sites excluding steroid dienone is 7. The zero-order valence-corrected chi connectivity index (χ0v) is 47.1. The van der Waals surface area contributed by atoms with Crippen LogP contribution in [0.15, 0.2) is 48.6 Å². The highest BCUT2D eigenvalue weighted by Gasteiger charge is 2.53. The molecule has 0 aromatic heterocycles. The van der Waals surface area contributed by atoms with Gasteiger partial charge in [0, 0.05) is 6.42 Å². The minimum Gasteiger partial charge on any atom is -0.394 e. The van der Waals surface area contributed by atoms with E-state index >= 15 is 0 Å². The molecule has 3 aliphatic rings. The molecule has 3 fully saturated rings. The highest BCUT2D eigenvalue weighted by Crippen LogP contribution is 2.33. The maximum Gasteiger partial charge on any atom is 0.220 e. The fourth-order valence-electron chi connectivity index (χ4n) is 9.90. The molecule has 0 radical (unpaired) electrons. The van der Waals surface area contributed by atoms with Gasteiger partial charge in [0.05, 0.1) is 38.6 Å². The first-order valence-corrected chi connectivity index (χ1v) is 29.9. The predicted molar refractivity (Wildman–Crippen MR) is 295 cm³/mol. The van der Waals surface area contributed by atoms with Gasteiger partial charge in [-0.2, -0.15) is 0 Å². The minimum absolute atomic E-state index is 0.237. The second-order valence-corrected chi connectivity index (χ2v) is 21.5. The number of rotatable bonds is 43. The Morgan fingerprint density at radius 2 is 0.846 bits per heavy atom. The summed E-state index contributed by atoms with van der Waals surface area (Å²) in [4.78, 5) is 13.3. The summed E-state index contributed by atoms with van der Waals surface area (Å²) < 4.78 is 34.1. The number of hydrogen-bond donors (Lipinski definition) is 12. The van der Waals surface area contributed by atoms with E-state index in [0.29, 0.717) is 6.42 Å². The van der Waals surface area contributed by atoms with Crippen molar-refractivity contribution in [3.63, 3.8) is 0 Å². The minimum atomic E-state index is -1.98. The monoisotopic (exact) mass is 1120 g/mol. The van der Waals surface area contributed by atoms with Crippen molar-refractivity contribution < 1.29 is 89.4 Å². The van der Waals surface area contributed by atoms with Gasteiger partial charge in [0.15, 0.2) is 18.9 Å². The van der Waals surface area contributed by atoms with E-state index in [2.05, 4.69) is 55.6 Å². The smallest absolute Gasteiger partial charge is 0.220 e. The highest BCUT2D eigenvalue weighted by atomic mass is 16.8. The molecule has 3 heterocycles. The van der Waals surface area contributed by atoms with Gasteiger partial charge in [-0.1, -0.05) is 172 Å². The molecule has 454 valence electrons. The summed E-state index contributed by atoms with van der Waals surface area (Å²) in [5, 5.41) is 120. The highest BCUT2D eigenvalue weighted by molar-refractivity contribution is 5.76. The fourth-order valence-corrected chi connectivity index (χ4v) is 9.90. The number of amides is 1. The van der Waals surface area contributed by atoms with Gasteiger partial charge in [-0.05, 0) is 57.8 Å². The third kappa shape index (κ3) is 26.3. The molecule has 0 aliphatic carbocycles. The summed E-state index contributed by atoms with van der Waals surface area (Å²) >= 11 is 0. The van der Waals surface area contributed by atoms with E-state index < -0.39 is 124 Å². The standard InChI is InChI=1S/C59H105NO18/c1-3-5-7-9-11-13-14-15-16-17-18-19-20-21-22-23-24-25-26-27-28-29-31-33-35-37-47(65)60-42(43(64)36-34-32-30-12-10-8-6-4-2)41-73-57-53(71)50(68)55(45(39-62)75-57)78-59-54(72)51(69)56(46(40-63)76-59)77-58-52(70)49(67)48(66)44(38-61)74-58/h14-15,17-18,20-21,34,36,42-46,48-59,61-64,66-72H,3-13,16,19,22-33,35,37-41H2,1-2H3,(H,60,65)/b15-14-,18-17-,21-20-,36-34+. The second-order valence-electron chi connectivity index (χ2n) is 21.5. The lowest BCUT2D eigenvalue weighted by atomic mass is 9.96. The van der Waals surface area contributed by atoms with E-state index in [1.807, 2.05) is 6.08 Å². The number of unbranched alkanes of at least 4 members (excludes halogenated alkanes) is 21. The van der Waals surface area contributed by atoms with Crippen molar-refractivity contribution in [1.29, 1.82) is 0 Å². The van der Waals surface area contributed by atoms with Gasteiger partial charge in [-0.3, -0.25) is 4.79 Å². The van der Waals surface area contributed by atoms with E-state index in [0.717, 1.165) is 77.0 Å². The lowest BCUT2D eigenvalue weighted by Crippen LogP contribution is -2.66. The predicted octanol–water partition coefficient (Wildman–Crippen LogP) is 5.09. The molecule has 17 unspecified atom stereocenters. The summed E-state index contributed by atoms with van der Waals surface area (Å²) in [6.45, 7) is 1.64. The van der Waals surface area contributed by atoms with Crippen LogP contribution in [0.5, 0.6) is 0 Å². The molecule has 19 nitrogen and oxygen atoms in total. The van der Waals surface area contributed by atoms with Gasteiger partial charge < -0.3 is 89.9 Å². The van der Waals surface area contributed by atoms with Gasteiger partial charge in [-0.15, -0.1) is 0 Å². The Morgan fingerprint density at radius 1 is 0.462 bits per heavy atom. The molecule has 0 bridgehead atoms. The summed E-state index contributed by atoms with van der Waals surface area (Å²) in [5.41, 5.74) is 0. The number of aliphatic hydroxyl groups excluding tert-OH is 11. The van der Waals surface area contributed by atoms with Gasteiger partial charge in [0.25, 0.3) is 0 Å².